The Morgan fingerprint density at radius 1 is 1.00 bits per heavy atom. The van der Waals surface area contributed by atoms with Gasteiger partial charge in [-0.1, -0.05) is 23.2 Å². The van der Waals surface area contributed by atoms with Crippen molar-refractivity contribution >= 4 is 45.0 Å². The maximum atomic E-state index is 12.8. The van der Waals surface area contributed by atoms with Crippen LogP contribution >= 0.6 is 23.2 Å². The molecule has 0 aliphatic carbocycles. The summed E-state index contributed by atoms with van der Waals surface area (Å²) in [5.74, 6) is -1.13. The number of ether oxygens (including phenoxy) is 1. The normalized spacial score (nSPS) is 17.4. The Hall–Kier alpha value is -1.93. The molecule has 0 amide bonds. The second-order valence-electron chi connectivity index (χ2n) is 6.27. The topological polar surface area (TPSA) is 80.8 Å². The number of ketones is 1. The summed E-state index contributed by atoms with van der Waals surface area (Å²) in [6, 6.07) is 11.0. The molecule has 0 bridgehead atoms. The highest BCUT2D eigenvalue weighted by Gasteiger charge is 2.40. The van der Waals surface area contributed by atoms with Crippen molar-refractivity contribution in [2.45, 2.75) is 23.8 Å². The van der Waals surface area contributed by atoms with Gasteiger partial charge in [-0.2, -0.15) is 4.31 Å². The third kappa shape index (κ3) is 4.55. The molecule has 1 aliphatic heterocycles. The number of nitrogens with zero attached hydrogens (tertiary/aromatic N) is 1. The molecular weight excluding hydrogens is 425 g/mol. The lowest BCUT2D eigenvalue weighted by atomic mass is 10.1. The minimum absolute atomic E-state index is 0.0499. The zero-order valence-electron chi connectivity index (χ0n) is 14.7. The van der Waals surface area contributed by atoms with Crippen LogP contribution in [0.4, 0.5) is 0 Å². The molecule has 0 radical (unpaired) electrons. The van der Waals surface area contributed by atoms with E-state index in [1.54, 1.807) is 12.1 Å². The molecule has 0 N–H and O–H groups in total. The van der Waals surface area contributed by atoms with Gasteiger partial charge >= 0.3 is 5.97 Å². The number of hydrogen-bond donors (Lipinski definition) is 0. The van der Waals surface area contributed by atoms with Gasteiger partial charge < -0.3 is 4.74 Å². The minimum atomic E-state index is -3.87. The summed E-state index contributed by atoms with van der Waals surface area (Å²) >= 11 is 11.6. The molecule has 1 atom stereocenters. The molecule has 9 heteroatoms. The fourth-order valence-corrected chi connectivity index (χ4v) is 4.86. The Labute approximate surface area is 173 Å². The van der Waals surface area contributed by atoms with Gasteiger partial charge in [0.15, 0.2) is 12.4 Å². The van der Waals surface area contributed by atoms with Gasteiger partial charge in [0, 0.05) is 22.2 Å². The van der Waals surface area contributed by atoms with E-state index in [2.05, 4.69) is 0 Å². The molecule has 0 saturated carbocycles. The van der Waals surface area contributed by atoms with E-state index in [9.17, 15) is 18.0 Å². The molecule has 0 unspecified atom stereocenters. The average Bonchev–Trinajstić information content (AvgIpc) is 3.17. The zero-order valence-corrected chi connectivity index (χ0v) is 17.0. The molecule has 1 saturated heterocycles. The molecule has 3 rings (SSSR count). The predicted octanol–water partition coefficient (Wildman–Crippen LogP) is 3.57. The van der Waals surface area contributed by atoms with E-state index in [1.807, 2.05) is 0 Å². The summed E-state index contributed by atoms with van der Waals surface area (Å²) < 4.78 is 31.9. The second kappa shape index (κ2) is 8.61. The number of hydrogen-bond acceptors (Lipinski definition) is 5. The summed E-state index contributed by atoms with van der Waals surface area (Å²) in [6.45, 7) is -0.262. The first kappa shape index (κ1) is 20.8. The van der Waals surface area contributed by atoms with E-state index in [1.165, 1.54) is 36.4 Å². The summed E-state index contributed by atoms with van der Waals surface area (Å²) in [7, 11) is -3.87. The van der Waals surface area contributed by atoms with Crippen LogP contribution in [0.1, 0.15) is 23.2 Å². The van der Waals surface area contributed by atoms with Crippen LogP contribution in [0.3, 0.4) is 0 Å². The first-order valence-electron chi connectivity index (χ1n) is 8.52. The third-order valence-electron chi connectivity index (χ3n) is 4.41. The van der Waals surface area contributed by atoms with Crippen LogP contribution in [0, 0.1) is 0 Å². The summed E-state index contributed by atoms with van der Waals surface area (Å²) in [6.07, 6.45) is 0.860. The fraction of sp³-hybridized carbons (Fsp3) is 0.263. The highest BCUT2D eigenvalue weighted by molar-refractivity contribution is 7.89. The van der Waals surface area contributed by atoms with Gasteiger partial charge in [0.1, 0.15) is 6.04 Å². The van der Waals surface area contributed by atoms with Gasteiger partial charge in [0.2, 0.25) is 10.0 Å². The number of esters is 1. The van der Waals surface area contributed by atoms with Crippen LogP contribution in [0.2, 0.25) is 10.0 Å². The summed E-state index contributed by atoms with van der Waals surface area (Å²) in [5.41, 5.74) is 0.356. The van der Waals surface area contributed by atoms with Gasteiger partial charge in [-0.15, -0.1) is 0 Å². The molecule has 1 fully saturated rings. The van der Waals surface area contributed by atoms with Crippen molar-refractivity contribution in [1.82, 2.24) is 4.31 Å². The van der Waals surface area contributed by atoms with Crippen molar-refractivity contribution in [2.75, 3.05) is 13.2 Å². The number of sulfonamides is 1. The first-order valence-corrected chi connectivity index (χ1v) is 10.7. The van der Waals surface area contributed by atoms with Gasteiger partial charge in [0.05, 0.1) is 4.90 Å². The van der Waals surface area contributed by atoms with E-state index in [0.29, 0.717) is 28.5 Å². The maximum Gasteiger partial charge on any atom is 0.324 e. The zero-order chi connectivity index (χ0) is 20.3. The van der Waals surface area contributed by atoms with E-state index in [0.717, 1.165) is 4.31 Å². The Bertz CT molecular complexity index is 974. The molecule has 2 aromatic rings. The highest BCUT2D eigenvalue weighted by Crippen LogP contribution is 2.27. The second-order valence-corrected chi connectivity index (χ2v) is 9.03. The molecule has 1 heterocycles. The molecule has 0 aromatic heterocycles. The predicted molar refractivity (Wildman–Crippen MR) is 105 cm³/mol. The largest absolute Gasteiger partial charge is 0.456 e. The standard InChI is InChI=1S/C19H17Cl2NO5S/c20-14-5-3-13(4-6-14)18(23)12-27-19(24)17-2-1-11-22(17)28(25,26)16-9-7-15(21)8-10-16/h3-10,17H,1-2,11-12H2/t17-/m1/s1. The van der Waals surface area contributed by atoms with Crippen molar-refractivity contribution in [3.63, 3.8) is 0 Å². The number of halogens is 2. The molecule has 0 spiro atoms. The number of benzene rings is 2. The van der Waals surface area contributed by atoms with Crippen LogP contribution in [0.5, 0.6) is 0 Å². The van der Waals surface area contributed by atoms with E-state index in [-0.39, 0.29) is 11.4 Å². The Balaban J connectivity index is 1.68. The maximum absolute atomic E-state index is 12.8. The summed E-state index contributed by atoms with van der Waals surface area (Å²) in [4.78, 5) is 24.6. The minimum Gasteiger partial charge on any atom is -0.456 e. The average molecular weight is 442 g/mol. The lowest BCUT2D eigenvalue weighted by molar-refractivity contribution is -0.146. The van der Waals surface area contributed by atoms with Gasteiger partial charge in [-0.25, -0.2) is 8.42 Å². The number of rotatable bonds is 6. The highest BCUT2D eigenvalue weighted by atomic mass is 35.5. The molecular formula is C19H17Cl2NO5S. The van der Waals surface area contributed by atoms with Crippen molar-refractivity contribution in [1.29, 1.82) is 0 Å². The molecule has 6 nitrogen and oxygen atoms in total. The number of carbonyl (C=O) groups is 2. The van der Waals surface area contributed by atoms with Gasteiger partial charge in [0.25, 0.3) is 0 Å². The monoisotopic (exact) mass is 441 g/mol. The smallest absolute Gasteiger partial charge is 0.324 e. The van der Waals surface area contributed by atoms with Crippen LogP contribution in [-0.4, -0.2) is 43.7 Å². The Morgan fingerprint density at radius 2 is 1.57 bits per heavy atom. The van der Waals surface area contributed by atoms with Crippen molar-refractivity contribution < 1.29 is 22.7 Å². The molecule has 148 valence electrons. The van der Waals surface area contributed by atoms with E-state index in [4.69, 9.17) is 27.9 Å². The van der Waals surface area contributed by atoms with Crippen molar-refractivity contribution in [3.05, 3.63) is 64.1 Å². The van der Waals surface area contributed by atoms with Gasteiger partial charge in [-0.05, 0) is 61.4 Å². The molecule has 28 heavy (non-hydrogen) atoms. The Kier molecular flexibility index (Phi) is 6.40. The van der Waals surface area contributed by atoms with Crippen molar-refractivity contribution in [2.24, 2.45) is 0 Å². The first-order chi connectivity index (χ1) is 13.3. The SMILES string of the molecule is O=C(COC(=O)[C@H]1CCCN1S(=O)(=O)c1ccc(Cl)cc1)c1ccc(Cl)cc1. The number of carbonyl (C=O) groups excluding carboxylic acids is 2. The Morgan fingerprint density at radius 3 is 2.18 bits per heavy atom. The van der Waals surface area contributed by atoms with Crippen LogP contribution < -0.4 is 0 Å². The van der Waals surface area contributed by atoms with Gasteiger partial charge in [-0.3, -0.25) is 9.59 Å². The molecule has 2 aromatic carbocycles. The fourth-order valence-electron chi connectivity index (χ4n) is 2.96. The van der Waals surface area contributed by atoms with Crippen LogP contribution in [0.15, 0.2) is 53.4 Å². The lowest BCUT2D eigenvalue weighted by Crippen LogP contribution is -2.41. The van der Waals surface area contributed by atoms with E-state index < -0.39 is 34.4 Å². The quantitative estimate of drug-likeness (QED) is 0.505. The third-order valence-corrected chi connectivity index (χ3v) is 6.83. The summed E-state index contributed by atoms with van der Waals surface area (Å²) in [5, 5.41) is 0.902. The molecule has 1 aliphatic rings. The number of Topliss-reactive ketones (excluding diaryl/α,β-unsaturated/α-hetero) is 1. The van der Waals surface area contributed by atoms with E-state index >= 15 is 0 Å². The lowest BCUT2D eigenvalue weighted by Gasteiger charge is -2.22. The van der Waals surface area contributed by atoms with Crippen molar-refractivity contribution in [3.8, 4) is 0 Å². The van der Waals surface area contributed by atoms with Crippen LogP contribution in [-0.2, 0) is 19.6 Å². The van der Waals surface area contributed by atoms with Crippen LogP contribution in [0.25, 0.3) is 0 Å².